The van der Waals surface area contributed by atoms with Crippen molar-refractivity contribution in [3.63, 3.8) is 0 Å². The van der Waals surface area contributed by atoms with E-state index in [0.717, 1.165) is 36.3 Å². The van der Waals surface area contributed by atoms with Gasteiger partial charge in [-0.25, -0.2) is 19.6 Å². The number of nitriles is 1. The summed E-state index contributed by atoms with van der Waals surface area (Å²) in [7, 11) is 0. The topological polar surface area (TPSA) is 80.3 Å². The van der Waals surface area contributed by atoms with Gasteiger partial charge in [0.05, 0.1) is 0 Å². The van der Waals surface area contributed by atoms with Crippen molar-refractivity contribution < 1.29 is 0 Å². The van der Waals surface area contributed by atoms with Gasteiger partial charge in [-0.2, -0.15) is 5.26 Å². The zero-order chi connectivity index (χ0) is 11.0. The van der Waals surface area contributed by atoms with Crippen molar-refractivity contribution in [2.45, 2.75) is 19.3 Å². The number of aryl methyl sites for hydroxylation is 1. The zero-order valence-corrected chi connectivity index (χ0v) is 8.46. The van der Waals surface area contributed by atoms with Gasteiger partial charge in [-0.3, -0.25) is 0 Å². The van der Waals surface area contributed by atoms with Crippen LogP contribution in [0.1, 0.15) is 23.5 Å². The average Bonchev–Trinajstić information content (AvgIpc) is 2.97. The van der Waals surface area contributed by atoms with Gasteiger partial charge >= 0.3 is 0 Å². The highest BCUT2D eigenvalue weighted by Gasteiger charge is 2.18. The molecule has 0 aliphatic heterocycles. The summed E-state index contributed by atoms with van der Waals surface area (Å²) in [4.78, 5) is 12.3. The van der Waals surface area contributed by atoms with Crippen molar-refractivity contribution in [3.05, 3.63) is 29.7 Å². The molecule has 6 heteroatoms. The predicted octanol–water partition coefficient (Wildman–Crippen LogP) is 0.418. The predicted molar refractivity (Wildman–Crippen MR) is 53.7 cm³/mol. The lowest BCUT2D eigenvalue weighted by atomic mass is 10.2. The van der Waals surface area contributed by atoms with Crippen molar-refractivity contribution in [1.29, 1.82) is 5.26 Å². The normalized spacial score (nSPS) is 13.4. The van der Waals surface area contributed by atoms with Crippen LogP contribution in [0.15, 0.2) is 12.7 Å². The molecule has 1 aliphatic rings. The Bertz CT molecular complexity index is 579. The molecule has 0 amide bonds. The number of aromatic nitrogens is 5. The Hall–Kier alpha value is -2.29. The Kier molecular flexibility index (Phi) is 1.90. The van der Waals surface area contributed by atoms with Crippen LogP contribution < -0.4 is 0 Å². The van der Waals surface area contributed by atoms with Crippen molar-refractivity contribution in [2.75, 3.05) is 0 Å². The largest absolute Gasteiger partial charge is 0.252 e. The van der Waals surface area contributed by atoms with E-state index in [9.17, 15) is 0 Å². The van der Waals surface area contributed by atoms with E-state index < -0.39 is 0 Å². The quantitative estimate of drug-likeness (QED) is 0.684. The molecule has 0 atom stereocenters. The number of nitrogens with zero attached hydrogens (tertiary/aromatic N) is 6. The first-order valence-electron chi connectivity index (χ1n) is 5.03. The number of fused-ring (bicyclic) bond motifs is 1. The minimum absolute atomic E-state index is 0.158. The molecule has 0 radical (unpaired) electrons. The maximum absolute atomic E-state index is 8.67. The van der Waals surface area contributed by atoms with E-state index in [1.54, 1.807) is 4.68 Å². The summed E-state index contributed by atoms with van der Waals surface area (Å²) >= 11 is 0. The summed E-state index contributed by atoms with van der Waals surface area (Å²) in [5.74, 6) is 0.904. The number of hydrogen-bond acceptors (Lipinski definition) is 5. The highest BCUT2D eigenvalue weighted by molar-refractivity contribution is 5.38. The standard InChI is InChI=1S/C10H8N6/c11-4-9-14-6-16(15-9)10-7-2-1-3-8(7)12-5-13-10/h5-6H,1-3H2. The molecule has 2 heterocycles. The van der Waals surface area contributed by atoms with Gasteiger partial charge in [-0.15, -0.1) is 5.10 Å². The third-order valence-electron chi connectivity index (χ3n) is 2.66. The van der Waals surface area contributed by atoms with Gasteiger partial charge in [0.2, 0.25) is 0 Å². The van der Waals surface area contributed by atoms with E-state index in [1.807, 2.05) is 6.07 Å². The Labute approximate surface area is 91.6 Å². The van der Waals surface area contributed by atoms with E-state index in [-0.39, 0.29) is 5.82 Å². The molecule has 3 rings (SSSR count). The molecular weight excluding hydrogens is 204 g/mol. The smallest absolute Gasteiger partial charge is 0.241 e. The fourth-order valence-corrected chi connectivity index (χ4v) is 1.96. The molecule has 0 fully saturated rings. The van der Waals surface area contributed by atoms with Crippen LogP contribution in [0.25, 0.3) is 5.82 Å². The molecule has 0 N–H and O–H groups in total. The average molecular weight is 212 g/mol. The summed E-state index contributed by atoms with van der Waals surface area (Å²) < 4.78 is 1.55. The second-order valence-corrected chi connectivity index (χ2v) is 3.60. The Balaban J connectivity index is 2.14. The lowest BCUT2D eigenvalue weighted by Crippen LogP contribution is -2.04. The Morgan fingerprint density at radius 3 is 3.00 bits per heavy atom. The minimum Gasteiger partial charge on any atom is -0.241 e. The molecule has 78 valence electrons. The molecule has 6 nitrogen and oxygen atoms in total. The Morgan fingerprint density at radius 1 is 1.25 bits per heavy atom. The van der Waals surface area contributed by atoms with Crippen LogP contribution in [0.2, 0.25) is 0 Å². The SMILES string of the molecule is N#Cc1ncn(-c2ncnc3c2CCC3)n1. The van der Waals surface area contributed by atoms with Crippen LogP contribution in [0.3, 0.4) is 0 Å². The molecule has 2 aromatic heterocycles. The lowest BCUT2D eigenvalue weighted by Gasteiger charge is -2.04. The molecule has 0 bridgehead atoms. The van der Waals surface area contributed by atoms with Gasteiger partial charge < -0.3 is 0 Å². The van der Waals surface area contributed by atoms with E-state index in [2.05, 4.69) is 20.1 Å². The molecular formula is C10H8N6. The summed E-state index contributed by atoms with van der Waals surface area (Å²) in [6, 6.07) is 1.90. The third kappa shape index (κ3) is 1.26. The van der Waals surface area contributed by atoms with Crippen LogP contribution in [-0.2, 0) is 12.8 Å². The summed E-state index contributed by atoms with van der Waals surface area (Å²) in [5, 5.41) is 12.7. The van der Waals surface area contributed by atoms with Gasteiger partial charge in [0.1, 0.15) is 18.7 Å². The Morgan fingerprint density at radius 2 is 2.19 bits per heavy atom. The van der Waals surface area contributed by atoms with Crippen LogP contribution in [0.5, 0.6) is 0 Å². The van der Waals surface area contributed by atoms with Gasteiger partial charge in [-0.05, 0) is 19.3 Å². The summed E-state index contributed by atoms with van der Waals surface area (Å²) in [6.45, 7) is 0. The van der Waals surface area contributed by atoms with E-state index in [0.29, 0.717) is 0 Å². The van der Waals surface area contributed by atoms with E-state index in [1.165, 1.54) is 12.7 Å². The van der Waals surface area contributed by atoms with Crippen molar-refractivity contribution >= 4 is 0 Å². The van der Waals surface area contributed by atoms with Crippen LogP contribution in [-0.4, -0.2) is 24.7 Å². The second kappa shape index (κ2) is 3.38. The first-order valence-corrected chi connectivity index (χ1v) is 5.03. The van der Waals surface area contributed by atoms with Gasteiger partial charge in [-0.1, -0.05) is 0 Å². The molecule has 16 heavy (non-hydrogen) atoms. The first-order chi connectivity index (χ1) is 7.88. The maximum atomic E-state index is 8.67. The molecule has 0 saturated carbocycles. The highest BCUT2D eigenvalue weighted by atomic mass is 15.4. The molecule has 0 unspecified atom stereocenters. The summed E-state index contributed by atoms with van der Waals surface area (Å²) in [5.41, 5.74) is 2.20. The van der Waals surface area contributed by atoms with Crippen molar-refractivity contribution in [2.24, 2.45) is 0 Å². The zero-order valence-electron chi connectivity index (χ0n) is 8.46. The summed E-state index contributed by atoms with van der Waals surface area (Å²) in [6.07, 6.45) is 6.10. The maximum Gasteiger partial charge on any atom is 0.252 e. The molecule has 1 aliphatic carbocycles. The third-order valence-corrected chi connectivity index (χ3v) is 2.66. The van der Waals surface area contributed by atoms with Crippen molar-refractivity contribution in [3.8, 4) is 11.9 Å². The second-order valence-electron chi connectivity index (χ2n) is 3.60. The van der Waals surface area contributed by atoms with Crippen LogP contribution >= 0.6 is 0 Å². The van der Waals surface area contributed by atoms with Gasteiger partial charge in [0, 0.05) is 11.3 Å². The minimum atomic E-state index is 0.158. The van der Waals surface area contributed by atoms with Gasteiger partial charge in [0.25, 0.3) is 5.82 Å². The van der Waals surface area contributed by atoms with Crippen LogP contribution in [0, 0.1) is 11.3 Å². The first kappa shape index (κ1) is 8.97. The lowest BCUT2D eigenvalue weighted by molar-refractivity contribution is 0.814. The highest BCUT2D eigenvalue weighted by Crippen LogP contribution is 2.23. The fraction of sp³-hybridized carbons (Fsp3) is 0.300. The molecule has 0 aromatic carbocycles. The van der Waals surface area contributed by atoms with E-state index in [4.69, 9.17) is 5.26 Å². The number of rotatable bonds is 1. The molecule has 2 aromatic rings. The van der Waals surface area contributed by atoms with E-state index >= 15 is 0 Å². The number of hydrogen-bond donors (Lipinski definition) is 0. The fourth-order valence-electron chi connectivity index (χ4n) is 1.96. The van der Waals surface area contributed by atoms with Gasteiger partial charge in [0.15, 0.2) is 5.82 Å². The van der Waals surface area contributed by atoms with Crippen molar-refractivity contribution in [1.82, 2.24) is 24.7 Å². The van der Waals surface area contributed by atoms with Crippen LogP contribution in [0.4, 0.5) is 0 Å². The molecule has 0 spiro atoms. The molecule has 0 saturated heterocycles. The monoisotopic (exact) mass is 212 g/mol.